The third-order valence-corrected chi connectivity index (χ3v) is 9.72. The smallest absolute Gasteiger partial charge is 0.166 e. The number of hydrogen-bond donors (Lipinski definition) is 4. The van der Waals surface area contributed by atoms with Gasteiger partial charge in [-0.3, -0.25) is 4.79 Å². The molecule has 4 saturated carbocycles. The van der Waals surface area contributed by atoms with Gasteiger partial charge in [-0.1, -0.05) is 13.0 Å². The molecule has 170 valence electrons. The maximum atomic E-state index is 13.8. The second-order valence-corrected chi connectivity index (χ2v) is 10.7. The highest BCUT2D eigenvalue weighted by Gasteiger charge is 2.76. The Labute approximate surface area is 181 Å². The van der Waals surface area contributed by atoms with Gasteiger partial charge in [0.1, 0.15) is 19.0 Å². The molecule has 4 fully saturated rings. The van der Waals surface area contributed by atoms with Gasteiger partial charge in [0.05, 0.1) is 29.0 Å². The van der Waals surface area contributed by atoms with E-state index >= 15 is 0 Å². The molecule has 5 aliphatic rings. The number of fused-ring (bicyclic) bond motifs is 5. The summed E-state index contributed by atoms with van der Waals surface area (Å²) in [6, 6.07) is 0. The molecule has 0 aromatic carbocycles. The highest BCUT2D eigenvalue weighted by atomic mass is 16.5. The van der Waals surface area contributed by atoms with Crippen molar-refractivity contribution in [1.29, 1.82) is 0 Å². The van der Waals surface area contributed by atoms with Gasteiger partial charge in [0.25, 0.3) is 0 Å². The van der Waals surface area contributed by atoms with E-state index in [1.54, 1.807) is 13.2 Å². The first-order valence-corrected chi connectivity index (χ1v) is 11.4. The first-order chi connectivity index (χ1) is 14.6. The zero-order valence-corrected chi connectivity index (χ0v) is 17.9. The van der Waals surface area contributed by atoms with Crippen LogP contribution < -0.4 is 0 Å². The summed E-state index contributed by atoms with van der Waals surface area (Å²) in [5.74, 6) is -2.22. The Morgan fingerprint density at radius 2 is 1.90 bits per heavy atom. The molecule has 0 bridgehead atoms. The molecule has 7 heteroatoms. The second-order valence-electron chi connectivity index (χ2n) is 10.7. The lowest BCUT2D eigenvalue weighted by Crippen LogP contribution is -2.74. The van der Waals surface area contributed by atoms with Gasteiger partial charge in [-0.15, -0.1) is 0 Å². The summed E-state index contributed by atoms with van der Waals surface area (Å²) in [5, 5.41) is 45.2. The molecule has 7 nitrogen and oxygen atoms in total. The van der Waals surface area contributed by atoms with E-state index in [1.807, 2.05) is 12.2 Å². The molecule has 4 N–H and O–H groups in total. The van der Waals surface area contributed by atoms with Gasteiger partial charge >= 0.3 is 0 Å². The third kappa shape index (κ3) is 2.44. The molecular weight excluding hydrogens is 400 g/mol. The van der Waals surface area contributed by atoms with Gasteiger partial charge in [0.15, 0.2) is 5.78 Å². The van der Waals surface area contributed by atoms with Gasteiger partial charge in [-0.2, -0.15) is 0 Å². The van der Waals surface area contributed by atoms with E-state index in [0.29, 0.717) is 38.6 Å². The summed E-state index contributed by atoms with van der Waals surface area (Å²) >= 11 is 0. The number of aliphatic hydroxyl groups is 4. The molecule has 5 rings (SSSR count). The summed E-state index contributed by atoms with van der Waals surface area (Å²) in [6.07, 6.45) is 6.07. The summed E-state index contributed by atoms with van der Waals surface area (Å²) in [4.78, 5) is 26.3. The van der Waals surface area contributed by atoms with Crippen LogP contribution in [0.2, 0.25) is 0 Å². The van der Waals surface area contributed by atoms with E-state index in [9.17, 15) is 30.0 Å². The number of aliphatic hydroxyl groups excluding tert-OH is 2. The van der Waals surface area contributed by atoms with Gasteiger partial charge in [-0.05, 0) is 62.0 Å². The molecule has 0 aromatic rings. The van der Waals surface area contributed by atoms with Crippen LogP contribution in [0.5, 0.6) is 0 Å². The number of allylic oxidation sites excluding steroid dienone is 2. The number of rotatable bonds is 2. The lowest BCUT2D eigenvalue weighted by molar-refractivity contribution is -0.256. The zero-order chi connectivity index (χ0) is 22.2. The maximum absolute atomic E-state index is 13.8. The van der Waals surface area contributed by atoms with Crippen molar-refractivity contribution in [2.24, 2.45) is 28.6 Å². The number of Topliss-reactive ketones (excluding diaryl/α,β-unsaturated/α-hetero) is 1. The van der Waals surface area contributed by atoms with E-state index < -0.39 is 51.9 Å². The molecule has 0 spiro atoms. The molecule has 1 heterocycles. The van der Waals surface area contributed by atoms with Gasteiger partial charge < -0.3 is 30.0 Å². The van der Waals surface area contributed by atoms with Crippen LogP contribution in [-0.2, 0) is 14.3 Å². The summed E-state index contributed by atoms with van der Waals surface area (Å²) in [6.45, 7) is 2.25. The Morgan fingerprint density at radius 3 is 2.58 bits per heavy atom. The predicted octanol–water partition coefficient (Wildman–Crippen LogP) is 1.04. The average molecular weight is 433 g/mol. The largest absolute Gasteiger partial charge is 0.497 e. The summed E-state index contributed by atoms with van der Waals surface area (Å²) in [7, 11) is 0. The van der Waals surface area contributed by atoms with Crippen LogP contribution in [0, 0.1) is 28.6 Å². The van der Waals surface area contributed by atoms with Crippen LogP contribution in [0.15, 0.2) is 24.0 Å². The monoisotopic (exact) mass is 432 g/mol. The van der Waals surface area contributed by atoms with Gasteiger partial charge in [-0.25, -0.2) is 0 Å². The number of ether oxygens (including phenoxy) is 1. The van der Waals surface area contributed by atoms with Gasteiger partial charge in [0, 0.05) is 17.8 Å². The van der Waals surface area contributed by atoms with Crippen molar-refractivity contribution in [1.82, 2.24) is 0 Å². The normalized spacial score (nSPS) is 53.6. The molecule has 0 aromatic heterocycles. The fourth-order valence-corrected chi connectivity index (χ4v) is 8.08. The number of carbonyl (C=O) groups excluding carboxylic acids is 2. The van der Waals surface area contributed by atoms with E-state index in [-0.39, 0.29) is 25.2 Å². The number of ketones is 1. The van der Waals surface area contributed by atoms with E-state index in [1.165, 1.54) is 0 Å². The van der Waals surface area contributed by atoms with Crippen molar-refractivity contribution in [3.63, 3.8) is 0 Å². The molecule has 4 aliphatic carbocycles. The summed E-state index contributed by atoms with van der Waals surface area (Å²) in [5.41, 5.74) is -4.51. The van der Waals surface area contributed by atoms with Crippen LogP contribution in [0.1, 0.15) is 51.9 Å². The van der Waals surface area contributed by atoms with Crippen LogP contribution in [-0.4, -0.2) is 62.5 Å². The Morgan fingerprint density at radius 1 is 1.13 bits per heavy atom. The Bertz CT molecular complexity index is 866. The van der Waals surface area contributed by atoms with Crippen LogP contribution >= 0.6 is 0 Å². The van der Waals surface area contributed by atoms with Crippen molar-refractivity contribution < 1.29 is 34.8 Å². The number of hydrogen-bond acceptors (Lipinski definition) is 7. The SMILES string of the molecule is C[C@]12[C@H](O)C(=O)[C@H]3[C@@H](CC[C@]4(O)C[C@@H](O)CC[C@]34C=O)[C@@]1(O)CC[C@@H]2C1=COCC=C1. The Balaban J connectivity index is 1.61. The summed E-state index contributed by atoms with van der Waals surface area (Å²) < 4.78 is 5.45. The molecule has 1 aliphatic heterocycles. The second kappa shape index (κ2) is 6.73. The topological polar surface area (TPSA) is 124 Å². The first kappa shape index (κ1) is 21.3. The zero-order valence-electron chi connectivity index (χ0n) is 17.9. The maximum Gasteiger partial charge on any atom is 0.166 e. The highest BCUT2D eigenvalue weighted by molar-refractivity contribution is 5.92. The van der Waals surface area contributed by atoms with Gasteiger partial charge in [0.2, 0.25) is 0 Å². The number of aldehydes is 1. The highest BCUT2D eigenvalue weighted by Crippen LogP contribution is 2.69. The lowest BCUT2D eigenvalue weighted by Gasteiger charge is -2.65. The van der Waals surface area contributed by atoms with Crippen molar-refractivity contribution in [2.75, 3.05) is 6.61 Å². The Kier molecular flexibility index (Phi) is 4.63. The minimum atomic E-state index is -1.51. The van der Waals surface area contributed by atoms with Crippen LogP contribution in [0.25, 0.3) is 0 Å². The van der Waals surface area contributed by atoms with E-state index in [2.05, 4.69) is 0 Å². The molecule has 31 heavy (non-hydrogen) atoms. The average Bonchev–Trinajstić information content (AvgIpc) is 3.04. The third-order valence-electron chi connectivity index (χ3n) is 9.72. The van der Waals surface area contributed by atoms with E-state index in [4.69, 9.17) is 4.74 Å². The molecule has 0 saturated heterocycles. The van der Waals surface area contributed by atoms with Crippen LogP contribution in [0.4, 0.5) is 0 Å². The Hall–Kier alpha value is -1.54. The fraction of sp³-hybridized carbons (Fsp3) is 0.750. The molecule has 0 unspecified atom stereocenters. The molecule has 0 radical (unpaired) electrons. The quantitative estimate of drug-likeness (QED) is 0.481. The first-order valence-electron chi connectivity index (χ1n) is 11.4. The predicted molar refractivity (Wildman–Crippen MR) is 109 cm³/mol. The number of carbonyl (C=O) groups is 2. The lowest BCUT2D eigenvalue weighted by atomic mass is 9.40. The molecular formula is C24H32O7. The van der Waals surface area contributed by atoms with Crippen molar-refractivity contribution in [3.8, 4) is 0 Å². The fourth-order valence-electron chi connectivity index (χ4n) is 8.08. The van der Waals surface area contributed by atoms with Crippen molar-refractivity contribution in [2.45, 2.75) is 75.3 Å². The van der Waals surface area contributed by atoms with Crippen molar-refractivity contribution in [3.05, 3.63) is 24.0 Å². The molecule has 9 atom stereocenters. The van der Waals surface area contributed by atoms with Crippen LogP contribution in [0.3, 0.4) is 0 Å². The standard InChI is InChI=1S/C24H32O7/c1-21-16(14-3-2-10-31-12-14)6-9-24(21,30)17-5-8-23(29)11-15(26)4-7-22(23,13-25)18(17)19(27)20(21)28/h2-3,12-13,15-18,20,26,28-30H,4-11H2,1H3/t15-,16+,17+,18+,20+,21-,22-,23-,24-/m0/s1. The molecule has 0 amide bonds. The minimum Gasteiger partial charge on any atom is -0.497 e. The van der Waals surface area contributed by atoms with Crippen molar-refractivity contribution >= 4 is 12.1 Å². The minimum absolute atomic E-state index is 0.0334. The van der Waals surface area contributed by atoms with E-state index in [0.717, 1.165) is 5.57 Å².